The van der Waals surface area contributed by atoms with Gasteiger partial charge < -0.3 is 0 Å². The number of rotatable bonds is 0. The van der Waals surface area contributed by atoms with Gasteiger partial charge in [-0.15, -0.1) is 11.8 Å². The van der Waals surface area contributed by atoms with E-state index in [0.717, 1.165) is 21.6 Å². The summed E-state index contributed by atoms with van der Waals surface area (Å²) in [6.07, 6.45) is 15.6. The molecule has 2 atom stereocenters. The minimum absolute atomic E-state index is 0.00131. The topological polar surface area (TPSA) is 34.1 Å². The molecule has 4 aliphatic rings. The molecule has 2 nitrogen and oxygen atoms in total. The molecule has 3 aliphatic carbocycles. The van der Waals surface area contributed by atoms with Crippen molar-refractivity contribution in [2.75, 3.05) is 0 Å². The Hall–Kier alpha value is -2.39. The zero-order chi connectivity index (χ0) is 15.6. The van der Waals surface area contributed by atoms with Gasteiger partial charge in [-0.05, 0) is 39.6 Å². The van der Waals surface area contributed by atoms with Crippen LogP contribution in [0.3, 0.4) is 0 Å². The molecular formula is C20H12O2S. The number of carbonyl (C=O) groups excluding carboxylic acids is 2. The number of fused-ring (bicyclic) bond motifs is 2. The van der Waals surface area contributed by atoms with Crippen molar-refractivity contribution in [3.05, 3.63) is 81.1 Å². The fraction of sp³-hybridized carbons (Fsp3) is 0.100. The van der Waals surface area contributed by atoms with Crippen LogP contribution in [0.5, 0.6) is 0 Å². The molecular weight excluding hydrogens is 304 g/mol. The molecule has 1 aliphatic heterocycles. The van der Waals surface area contributed by atoms with Gasteiger partial charge in [0.05, 0.1) is 10.7 Å². The number of hydrogen-bond acceptors (Lipinski definition) is 3. The zero-order valence-electron chi connectivity index (χ0n) is 12.2. The monoisotopic (exact) mass is 316 g/mol. The Kier molecular flexibility index (Phi) is 2.46. The Labute approximate surface area is 137 Å². The summed E-state index contributed by atoms with van der Waals surface area (Å²) < 4.78 is 0. The van der Waals surface area contributed by atoms with Crippen LogP contribution in [0.25, 0.3) is 12.2 Å². The zero-order valence-corrected chi connectivity index (χ0v) is 13.0. The van der Waals surface area contributed by atoms with Crippen molar-refractivity contribution in [3.8, 4) is 0 Å². The van der Waals surface area contributed by atoms with Gasteiger partial charge in [-0.25, -0.2) is 0 Å². The SMILES string of the molecule is O=C1C=CC=c2cc3c(cc21)=CC12C=CC=CC1=CSC2C3=O. The van der Waals surface area contributed by atoms with Gasteiger partial charge in [0, 0.05) is 11.1 Å². The largest absolute Gasteiger partial charge is 0.293 e. The van der Waals surface area contributed by atoms with Crippen molar-refractivity contribution in [2.45, 2.75) is 5.25 Å². The first-order valence-electron chi connectivity index (χ1n) is 7.55. The van der Waals surface area contributed by atoms with Gasteiger partial charge in [0.2, 0.25) is 0 Å². The van der Waals surface area contributed by atoms with Crippen molar-refractivity contribution in [3.63, 3.8) is 0 Å². The number of thioether (sulfide) groups is 1. The van der Waals surface area contributed by atoms with Crippen LogP contribution in [0.2, 0.25) is 0 Å². The molecule has 0 aromatic heterocycles. The van der Waals surface area contributed by atoms with E-state index in [9.17, 15) is 9.59 Å². The summed E-state index contributed by atoms with van der Waals surface area (Å²) in [7, 11) is 0. The highest BCUT2D eigenvalue weighted by Crippen LogP contribution is 2.52. The van der Waals surface area contributed by atoms with Crippen LogP contribution in [0.4, 0.5) is 0 Å². The second-order valence-electron chi connectivity index (χ2n) is 6.17. The maximum Gasteiger partial charge on any atom is 0.186 e. The number of ketones is 2. The molecule has 23 heavy (non-hydrogen) atoms. The normalized spacial score (nSPS) is 29.0. The van der Waals surface area contributed by atoms with Crippen LogP contribution in [-0.4, -0.2) is 16.8 Å². The van der Waals surface area contributed by atoms with Gasteiger partial charge in [-0.2, -0.15) is 0 Å². The summed E-state index contributed by atoms with van der Waals surface area (Å²) in [5.74, 6) is 0.151. The van der Waals surface area contributed by atoms with Crippen LogP contribution < -0.4 is 10.4 Å². The summed E-state index contributed by atoms with van der Waals surface area (Å²) in [5, 5.41) is 3.66. The third-order valence-electron chi connectivity index (χ3n) is 4.93. The second-order valence-corrected chi connectivity index (χ2v) is 7.15. The summed E-state index contributed by atoms with van der Waals surface area (Å²) >= 11 is 1.60. The van der Waals surface area contributed by atoms with E-state index in [-0.39, 0.29) is 22.2 Å². The van der Waals surface area contributed by atoms with Gasteiger partial charge in [-0.1, -0.05) is 42.5 Å². The lowest BCUT2D eigenvalue weighted by molar-refractivity contribution is 0.0967. The Morgan fingerprint density at radius 2 is 1.83 bits per heavy atom. The summed E-state index contributed by atoms with van der Waals surface area (Å²) in [4.78, 5) is 25.2. The van der Waals surface area contributed by atoms with Gasteiger partial charge in [0.25, 0.3) is 0 Å². The van der Waals surface area contributed by atoms with E-state index >= 15 is 0 Å². The number of carbonyl (C=O) groups is 2. The average Bonchev–Trinajstić information content (AvgIpc) is 2.94. The molecule has 2 unspecified atom stereocenters. The number of hydrogen-bond donors (Lipinski definition) is 0. The summed E-state index contributed by atoms with van der Waals surface area (Å²) in [5.41, 5.74) is 2.19. The molecule has 110 valence electrons. The lowest BCUT2D eigenvalue weighted by Crippen LogP contribution is -2.43. The molecule has 0 N–H and O–H groups in total. The van der Waals surface area contributed by atoms with E-state index in [4.69, 9.17) is 0 Å². The third-order valence-corrected chi connectivity index (χ3v) is 6.20. The van der Waals surface area contributed by atoms with Crippen molar-refractivity contribution in [1.29, 1.82) is 0 Å². The Balaban J connectivity index is 1.85. The Morgan fingerprint density at radius 1 is 0.957 bits per heavy atom. The minimum Gasteiger partial charge on any atom is -0.293 e. The minimum atomic E-state index is -0.366. The number of Topliss-reactive ketones (excluding diaryl/α,β-unsaturated/α-hetero) is 1. The molecule has 1 spiro atoms. The lowest BCUT2D eigenvalue weighted by Gasteiger charge is -2.35. The molecule has 0 saturated carbocycles. The van der Waals surface area contributed by atoms with Crippen LogP contribution in [0.15, 0.2) is 59.6 Å². The molecule has 0 saturated heterocycles. The highest BCUT2D eigenvalue weighted by Gasteiger charge is 2.48. The molecule has 1 aromatic rings. The predicted octanol–water partition coefficient (Wildman–Crippen LogP) is 2.31. The molecule has 0 radical (unpaired) electrons. The lowest BCUT2D eigenvalue weighted by atomic mass is 9.69. The van der Waals surface area contributed by atoms with Crippen molar-refractivity contribution < 1.29 is 9.59 Å². The molecule has 0 amide bonds. The first-order valence-corrected chi connectivity index (χ1v) is 8.49. The maximum atomic E-state index is 13.1. The van der Waals surface area contributed by atoms with Crippen molar-refractivity contribution in [2.24, 2.45) is 5.41 Å². The van der Waals surface area contributed by atoms with Gasteiger partial charge in [0.15, 0.2) is 11.6 Å². The van der Waals surface area contributed by atoms with Crippen molar-refractivity contribution >= 4 is 35.5 Å². The fourth-order valence-electron chi connectivity index (χ4n) is 3.78. The van der Waals surface area contributed by atoms with Crippen LogP contribution >= 0.6 is 11.8 Å². The van der Waals surface area contributed by atoms with E-state index in [1.807, 2.05) is 30.4 Å². The van der Waals surface area contributed by atoms with E-state index in [1.54, 1.807) is 23.9 Å². The van der Waals surface area contributed by atoms with E-state index < -0.39 is 0 Å². The second kappa shape index (κ2) is 4.33. The Bertz CT molecular complexity index is 1040. The predicted molar refractivity (Wildman–Crippen MR) is 92.6 cm³/mol. The van der Waals surface area contributed by atoms with Gasteiger partial charge in [0.1, 0.15) is 0 Å². The highest BCUT2D eigenvalue weighted by atomic mass is 32.2. The fourth-order valence-corrected chi connectivity index (χ4v) is 5.10. The van der Waals surface area contributed by atoms with Crippen molar-refractivity contribution in [1.82, 2.24) is 0 Å². The van der Waals surface area contributed by atoms with E-state index in [0.29, 0.717) is 5.56 Å². The van der Waals surface area contributed by atoms with Crippen LogP contribution in [0, 0.1) is 5.41 Å². The average molecular weight is 316 g/mol. The Morgan fingerprint density at radius 3 is 2.74 bits per heavy atom. The number of allylic oxidation sites excluding steroid dienone is 7. The summed E-state index contributed by atoms with van der Waals surface area (Å²) in [6.45, 7) is 0. The molecule has 3 heteroatoms. The molecule has 5 rings (SSSR count). The molecule has 1 heterocycles. The smallest absolute Gasteiger partial charge is 0.186 e. The van der Waals surface area contributed by atoms with Gasteiger partial charge in [-0.3, -0.25) is 9.59 Å². The quantitative estimate of drug-likeness (QED) is 0.736. The first-order chi connectivity index (χ1) is 11.2. The third kappa shape index (κ3) is 1.60. The summed E-state index contributed by atoms with van der Waals surface area (Å²) in [6, 6.07) is 3.75. The molecule has 1 aromatic carbocycles. The number of benzene rings is 1. The van der Waals surface area contributed by atoms with E-state index in [2.05, 4.69) is 23.6 Å². The first kappa shape index (κ1) is 13.1. The van der Waals surface area contributed by atoms with E-state index in [1.165, 1.54) is 0 Å². The standard InChI is InChI=1S/C20H12O2S/c21-17-6-3-4-12-8-16-13(9-15(12)17)10-20-7-2-1-5-14(20)11-23-19(20)18(16)22/h1-11,19H. The molecule has 0 fully saturated rings. The highest BCUT2D eigenvalue weighted by molar-refractivity contribution is 8.03. The molecule has 0 bridgehead atoms. The maximum absolute atomic E-state index is 13.1. The van der Waals surface area contributed by atoms with Gasteiger partial charge >= 0.3 is 0 Å². The van der Waals surface area contributed by atoms with Crippen LogP contribution in [0.1, 0.15) is 20.7 Å². The van der Waals surface area contributed by atoms with Crippen LogP contribution in [-0.2, 0) is 0 Å².